The average Bonchev–Trinajstić information content (AvgIpc) is 3.11. The quantitative estimate of drug-likeness (QED) is 0.790. The normalized spacial score (nSPS) is 13.5. The van der Waals surface area contributed by atoms with Gasteiger partial charge >= 0.3 is 6.09 Å². The van der Waals surface area contributed by atoms with Gasteiger partial charge in [-0.15, -0.1) is 0 Å². The molecular weight excluding hydrogens is 292 g/mol. The lowest BCUT2D eigenvalue weighted by Crippen LogP contribution is -2.34. The number of benzene rings is 1. The van der Waals surface area contributed by atoms with Gasteiger partial charge in [-0.2, -0.15) is 0 Å². The van der Waals surface area contributed by atoms with Crippen molar-refractivity contribution in [2.45, 2.75) is 13.0 Å². The molecule has 0 saturated carbocycles. The maximum absolute atomic E-state index is 11.6. The molecule has 0 aliphatic heterocycles. The second-order valence-electron chi connectivity index (χ2n) is 5.12. The van der Waals surface area contributed by atoms with Gasteiger partial charge in [0.2, 0.25) is 0 Å². The third-order valence-electron chi connectivity index (χ3n) is 3.55. The Morgan fingerprint density at radius 2 is 2.00 bits per heavy atom. The van der Waals surface area contributed by atoms with Crippen LogP contribution in [0.5, 0.6) is 0 Å². The number of ether oxygens (including phenoxy) is 1. The third kappa shape index (κ3) is 4.57. The predicted molar refractivity (Wildman–Crippen MR) is 89.4 cm³/mol. The largest absolute Gasteiger partial charge is 0.467 e. The minimum absolute atomic E-state index is 0.278. The van der Waals surface area contributed by atoms with Crippen molar-refractivity contribution in [1.29, 1.82) is 5.41 Å². The predicted octanol–water partition coefficient (Wildman–Crippen LogP) is 4.05. The van der Waals surface area contributed by atoms with Gasteiger partial charge in [-0.05, 0) is 23.8 Å². The Bertz CT molecular complexity index is 663. The minimum Gasteiger partial charge on any atom is -0.467 e. The van der Waals surface area contributed by atoms with Crippen molar-refractivity contribution in [3.8, 4) is 0 Å². The number of furan rings is 1. The summed E-state index contributed by atoms with van der Waals surface area (Å²) < 4.78 is 10.0. The number of hydrogen-bond acceptors (Lipinski definition) is 4. The molecule has 1 aromatic heterocycles. The lowest BCUT2D eigenvalue weighted by Gasteiger charge is -2.22. The van der Waals surface area contributed by atoms with Crippen LogP contribution >= 0.6 is 0 Å². The molecule has 0 radical (unpaired) electrons. The summed E-state index contributed by atoms with van der Waals surface area (Å²) in [5.41, 5.74) is 1.39. The average molecular weight is 312 g/mol. The fourth-order valence-corrected chi connectivity index (χ4v) is 2.18. The van der Waals surface area contributed by atoms with Gasteiger partial charge < -0.3 is 19.9 Å². The van der Waals surface area contributed by atoms with Crippen LogP contribution in [0.4, 0.5) is 4.79 Å². The molecule has 1 amide bonds. The van der Waals surface area contributed by atoms with E-state index in [-0.39, 0.29) is 5.92 Å². The second-order valence-corrected chi connectivity index (χ2v) is 5.12. The molecule has 0 saturated heterocycles. The Balaban J connectivity index is 2.13. The fourth-order valence-electron chi connectivity index (χ4n) is 2.18. The van der Waals surface area contributed by atoms with Gasteiger partial charge in [-0.25, -0.2) is 4.79 Å². The third-order valence-corrected chi connectivity index (χ3v) is 3.55. The Kier molecular flexibility index (Phi) is 5.74. The van der Waals surface area contributed by atoms with E-state index < -0.39 is 12.1 Å². The highest BCUT2D eigenvalue weighted by molar-refractivity contribution is 5.98. The molecule has 2 aromatic rings. The number of amides is 1. The fraction of sp³-hybridized carbons (Fsp3) is 0.222. The minimum atomic E-state index is -0.557. The van der Waals surface area contributed by atoms with Gasteiger partial charge in [0.1, 0.15) is 5.76 Å². The molecule has 23 heavy (non-hydrogen) atoms. The molecule has 2 unspecified atom stereocenters. The summed E-state index contributed by atoms with van der Waals surface area (Å²) >= 11 is 0. The van der Waals surface area contributed by atoms with Crippen molar-refractivity contribution in [3.63, 3.8) is 0 Å². The van der Waals surface area contributed by atoms with Crippen molar-refractivity contribution in [1.82, 2.24) is 5.32 Å². The van der Waals surface area contributed by atoms with Crippen molar-refractivity contribution < 1.29 is 13.9 Å². The number of rotatable bonds is 6. The highest BCUT2D eigenvalue weighted by Crippen LogP contribution is 2.24. The van der Waals surface area contributed by atoms with Crippen LogP contribution in [0.3, 0.4) is 0 Å². The van der Waals surface area contributed by atoms with E-state index in [2.05, 4.69) is 10.1 Å². The van der Waals surface area contributed by atoms with Crippen molar-refractivity contribution in [2.24, 2.45) is 5.92 Å². The van der Waals surface area contributed by atoms with Gasteiger partial charge in [0.05, 0.1) is 19.4 Å². The first-order valence-electron chi connectivity index (χ1n) is 7.31. The zero-order valence-electron chi connectivity index (χ0n) is 13.2. The number of allylic oxidation sites excluding steroid dienone is 1. The molecule has 0 bridgehead atoms. The zero-order valence-corrected chi connectivity index (χ0v) is 13.2. The van der Waals surface area contributed by atoms with Crippen molar-refractivity contribution in [3.05, 3.63) is 66.1 Å². The number of carbonyl (C=O) groups excluding carboxylic acids is 1. The van der Waals surface area contributed by atoms with Crippen LogP contribution in [-0.4, -0.2) is 18.9 Å². The Morgan fingerprint density at radius 3 is 2.61 bits per heavy atom. The first kappa shape index (κ1) is 16.5. The smallest absolute Gasteiger partial charge is 0.407 e. The maximum atomic E-state index is 11.6. The molecule has 1 aromatic carbocycles. The first-order chi connectivity index (χ1) is 11.1. The molecule has 0 spiro atoms. The van der Waals surface area contributed by atoms with Gasteiger partial charge in [0.25, 0.3) is 0 Å². The first-order valence-corrected chi connectivity index (χ1v) is 7.31. The van der Waals surface area contributed by atoms with Gasteiger partial charge in [0.15, 0.2) is 0 Å². The number of alkyl carbamates (subject to hydrolysis) is 1. The molecule has 5 nitrogen and oxygen atoms in total. The topological polar surface area (TPSA) is 75.3 Å². The summed E-state index contributed by atoms with van der Waals surface area (Å²) in [6.45, 7) is 1.86. The standard InChI is InChI=1S/C18H20N2O3/c1-13(15(19)11-10-14-7-4-3-5-8-14)17(20-18(21)22-2)16-9-6-12-23-16/h3-13,17,19H,1-2H3,(H,20,21)/b11-10+,19-15?. The molecule has 5 heteroatoms. The van der Waals surface area contributed by atoms with Crippen LogP contribution in [0.2, 0.25) is 0 Å². The summed E-state index contributed by atoms with van der Waals surface area (Å²) in [5, 5.41) is 11.0. The highest BCUT2D eigenvalue weighted by atomic mass is 16.5. The summed E-state index contributed by atoms with van der Waals surface area (Å²) in [6, 6.07) is 12.8. The van der Waals surface area contributed by atoms with Crippen LogP contribution in [-0.2, 0) is 4.74 Å². The Labute approximate surface area is 135 Å². The van der Waals surface area contributed by atoms with Crippen LogP contribution < -0.4 is 5.32 Å². The van der Waals surface area contributed by atoms with Crippen molar-refractivity contribution in [2.75, 3.05) is 7.11 Å². The van der Waals surface area contributed by atoms with E-state index in [0.29, 0.717) is 11.5 Å². The second kappa shape index (κ2) is 7.98. The zero-order chi connectivity index (χ0) is 16.7. The van der Waals surface area contributed by atoms with E-state index in [0.717, 1.165) is 5.56 Å². The van der Waals surface area contributed by atoms with Crippen LogP contribution in [0.25, 0.3) is 6.08 Å². The maximum Gasteiger partial charge on any atom is 0.407 e. The molecule has 1 heterocycles. The lowest BCUT2D eigenvalue weighted by atomic mass is 9.94. The van der Waals surface area contributed by atoms with Crippen LogP contribution in [0.15, 0.2) is 59.2 Å². The SMILES string of the molecule is COC(=O)NC(c1ccco1)C(C)C(=N)/C=C/c1ccccc1. The summed E-state index contributed by atoms with van der Waals surface area (Å²) in [6.07, 6.45) is 4.58. The van der Waals surface area contributed by atoms with E-state index in [1.807, 2.05) is 43.3 Å². The molecule has 2 N–H and O–H groups in total. The van der Waals surface area contributed by atoms with Gasteiger partial charge in [-0.3, -0.25) is 0 Å². The van der Waals surface area contributed by atoms with E-state index in [9.17, 15) is 4.79 Å². The molecule has 120 valence electrons. The molecule has 2 rings (SSSR count). The van der Waals surface area contributed by atoms with Gasteiger partial charge in [-0.1, -0.05) is 43.3 Å². The van der Waals surface area contributed by atoms with E-state index in [1.165, 1.54) is 13.4 Å². The van der Waals surface area contributed by atoms with Gasteiger partial charge in [0, 0.05) is 11.6 Å². The van der Waals surface area contributed by atoms with E-state index in [4.69, 9.17) is 9.83 Å². The lowest BCUT2D eigenvalue weighted by molar-refractivity contribution is 0.162. The summed E-state index contributed by atoms with van der Waals surface area (Å²) in [4.78, 5) is 11.6. The van der Waals surface area contributed by atoms with Crippen LogP contribution in [0, 0.1) is 11.3 Å². The molecular formula is C18H20N2O3. The van der Waals surface area contributed by atoms with Crippen LogP contribution in [0.1, 0.15) is 24.3 Å². The molecule has 2 atom stereocenters. The molecule has 0 fully saturated rings. The van der Waals surface area contributed by atoms with Crippen molar-refractivity contribution >= 4 is 17.9 Å². The molecule has 0 aliphatic carbocycles. The summed E-state index contributed by atoms with van der Waals surface area (Å²) in [5.74, 6) is 0.306. The molecule has 0 aliphatic rings. The summed E-state index contributed by atoms with van der Waals surface area (Å²) in [7, 11) is 1.31. The number of methoxy groups -OCH3 is 1. The monoisotopic (exact) mass is 312 g/mol. The van der Waals surface area contributed by atoms with E-state index >= 15 is 0 Å². The highest BCUT2D eigenvalue weighted by Gasteiger charge is 2.26. The number of carbonyl (C=O) groups is 1. The number of hydrogen-bond donors (Lipinski definition) is 2. The Hall–Kier alpha value is -2.82. The Morgan fingerprint density at radius 1 is 1.26 bits per heavy atom. The number of nitrogens with one attached hydrogen (secondary N) is 2. The van der Waals surface area contributed by atoms with E-state index in [1.54, 1.807) is 18.2 Å².